The Kier molecular flexibility index (Phi) is 6.03. The highest BCUT2D eigenvalue weighted by Gasteiger charge is 2.34. The smallest absolute Gasteiger partial charge is 0.377 e. The largest absolute Gasteiger partial charge is 0.475 e. The molecule has 2 heterocycles. The summed E-state index contributed by atoms with van der Waals surface area (Å²) in [6, 6.07) is 11.0. The molecule has 0 spiro atoms. The number of hydrogen-bond acceptors (Lipinski definition) is 4. The molecule has 0 radical (unpaired) electrons. The zero-order chi connectivity index (χ0) is 23.9. The summed E-state index contributed by atoms with van der Waals surface area (Å²) in [5.41, 5.74) is 2.85. The van der Waals surface area contributed by atoms with Gasteiger partial charge in [-0.2, -0.15) is 0 Å². The van der Waals surface area contributed by atoms with E-state index in [2.05, 4.69) is 16.8 Å². The van der Waals surface area contributed by atoms with Gasteiger partial charge >= 0.3 is 5.97 Å². The third-order valence-corrected chi connectivity index (χ3v) is 6.33. The Balaban J connectivity index is 1.58. The molecule has 1 aliphatic heterocycles. The van der Waals surface area contributed by atoms with E-state index in [-0.39, 0.29) is 29.4 Å². The fourth-order valence-electron chi connectivity index (χ4n) is 4.54. The summed E-state index contributed by atoms with van der Waals surface area (Å²) in [5, 5.41) is 9.59. The van der Waals surface area contributed by atoms with Crippen LogP contribution in [0.2, 0.25) is 0 Å². The second-order valence-corrected chi connectivity index (χ2v) is 8.73. The lowest BCUT2D eigenvalue weighted by Crippen LogP contribution is -2.57. The molecule has 1 aliphatic rings. The van der Waals surface area contributed by atoms with Crippen molar-refractivity contribution in [3.63, 3.8) is 0 Å². The van der Waals surface area contributed by atoms with Gasteiger partial charge in [-0.1, -0.05) is 12.1 Å². The van der Waals surface area contributed by atoms with Gasteiger partial charge in [0.2, 0.25) is 0 Å². The Hall–Kier alpha value is -3.52. The monoisotopic (exact) mass is 451 g/mol. The average molecular weight is 451 g/mol. The number of halogens is 1. The van der Waals surface area contributed by atoms with Gasteiger partial charge in [0.15, 0.2) is 0 Å². The number of H-pyrrole nitrogens is 1. The van der Waals surface area contributed by atoms with Crippen molar-refractivity contribution in [1.29, 1.82) is 0 Å². The summed E-state index contributed by atoms with van der Waals surface area (Å²) in [6.45, 7) is 7.69. The average Bonchev–Trinajstić information content (AvgIpc) is 3.11. The Labute approximate surface area is 190 Å². The number of Topliss-reactive ketones (excluding diaryl/α,β-unsaturated/α-hetero) is 1. The maximum atomic E-state index is 13.6. The summed E-state index contributed by atoms with van der Waals surface area (Å²) in [7, 11) is 0. The van der Waals surface area contributed by atoms with E-state index >= 15 is 0 Å². The standard InChI is InChI=1S/C25H26FN3O4/c1-14-12-29(15(2)11-28(14)13-17-4-7-19(26)8-5-17)24(31)22-16(3)27-21-9-6-18(10-20(21)22)23(30)25(32)33/h4-10,14-15,27H,11-13H2,1-3H3,(H,32,33)/t14-,15+/m0/s1. The van der Waals surface area contributed by atoms with E-state index in [0.29, 0.717) is 41.8 Å². The number of carbonyl (C=O) groups is 3. The molecule has 7 nitrogen and oxygen atoms in total. The van der Waals surface area contributed by atoms with Crippen molar-refractivity contribution >= 4 is 28.6 Å². The molecule has 1 amide bonds. The van der Waals surface area contributed by atoms with E-state index in [9.17, 15) is 18.8 Å². The molecule has 3 aromatic rings. The second kappa shape index (κ2) is 8.78. The van der Waals surface area contributed by atoms with E-state index < -0.39 is 11.8 Å². The normalized spacial score (nSPS) is 19.1. The summed E-state index contributed by atoms with van der Waals surface area (Å²) in [5.74, 6) is -2.96. The van der Waals surface area contributed by atoms with Gasteiger partial charge in [-0.25, -0.2) is 9.18 Å². The number of carboxylic acids is 1. The number of carbonyl (C=O) groups excluding carboxylic acids is 2. The fourth-order valence-corrected chi connectivity index (χ4v) is 4.54. The van der Waals surface area contributed by atoms with Crippen LogP contribution in [0.4, 0.5) is 4.39 Å². The highest BCUT2D eigenvalue weighted by molar-refractivity contribution is 6.40. The molecule has 2 aromatic carbocycles. The molecule has 1 aromatic heterocycles. The van der Waals surface area contributed by atoms with Gasteiger partial charge in [0.1, 0.15) is 5.82 Å². The van der Waals surface area contributed by atoms with Crippen LogP contribution in [0.25, 0.3) is 10.9 Å². The molecule has 33 heavy (non-hydrogen) atoms. The Morgan fingerprint density at radius 3 is 2.42 bits per heavy atom. The van der Waals surface area contributed by atoms with Crippen LogP contribution in [-0.4, -0.2) is 62.7 Å². The third-order valence-electron chi connectivity index (χ3n) is 6.33. The van der Waals surface area contributed by atoms with Crippen molar-refractivity contribution in [2.45, 2.75) is 39.4 Å². The van der Waals surface area contributed by atoms with Crippen molar-refractivity contribution in [1.82, 2.24) is 14.8 Å². The van der Waals surface area contributed by atoms with Crippen LogP contribution in [0.15, 0.2) is 42.5 Å². The van der Waals surface area contributed by atoms with Crippen molar-refractivity contribution in [3.05, 3.63) is 70.7 Å². The van der Waals surface area contributed by atoms with Gasteiger partial charge in [0.05, 0.1) is 5.56 Å². The summed E-state index contributed by atoms with van der Waals surface area (Å²) in [6.07, 6.45) is 0. The van der Waals surface area contributed by atoms with Crippen LogP contribution >= 0.6 is 0 Å². The van der Waals surface area contributed by atoms with Crippen LogP contribution in [0.3, 0.4) is 0 Å². The highest BCUT2D eigenvalue weighted by Crippen LogP contribution is 2.28. The number of aryl methyl sites for hydroxylation is 1. The first-order valence-corrected chi connectivity index (χ1v) is 10.8. The number of hydrogen-bond donors (Lipinski definition) is 2. The summed E-state index contributed by atoms with van der Waals surface area (Å²) < 4.78 is 13.2. The molecule has 1 saturated heterocycles. The number of piperazine rings is 1. The zero-order valence-corrected chi connectivity index (χ0v) is 18.8. The molecule has 172 valence electrons. The number of aromatic nitrogens is 1. The number of amides is 1. The SMILES string of the molecule is Cc1[nH]c2ccc(C(=O)C(=O)O)cc2c1C(=O)N1C[C@H](C)N(Cc2ccc(F)cc2)C[C@H]1C. The van der Waals surface area contributed by atoms with E-state index in [1.54, 1.807) is 25.1 Å². The first-order chi connectivity index (χ1) is 15.7. The number of fused-ring (bicyclic) bond motifs is 1. The van der Waals surface area contributed by atoms with Crippen LogP contribution < -0.4 is 0 Å². The first-order valence-electron chi connectivity index (χ1n) is 10.8. The quantitative estimate of drug-likeness (QED) is 0.457. The molecule has 1 fully saturated rings. The van der Waals surface area contributed by atoms with Gasteiger partial charge in [-0.05, 0) is 56.7 Å². The molecule has 2 N–H and O–H groups in total. The predicted octanol–water partition coefficient (Wildman–Crippen LogP) is 3.62. The van der Waals surface area contributed by atoms with Crippen LogP contribution in [-0.2, 0) is 11.3 Å². The van der Waals surface area contributed by atoms with E-state index in [0.717, 1.165) is 5.56 Å². The number of nitrogens with zero attached hydrogens (tertiary/aromatic N) is 2. The topological polar surface area (TPSA) is 93.7 Å². The van der Waals surface area contributed by atoms with E-state index in [4.69, 9.17) is 5.11 Å². The number of aliphatic carboxylic acids is 1. The molecule has 0 unspecified atom stereocenters. The number of nitrogens with one attached hydrogen (secondary N) is 1. The maximum absolute atomic E-state index is 13.6. The van der Waals surface area contributed by atoms with Crippen molar-refractivity contribution in [3.8, 4) is 0 Å². The van der Waals surface area contributed by atoms with Gasteiger partial charge in [0.25, 0.3) is 11.7 Å². The Morgan fingerprint density at radius 1 is 1.06 bits per heavy atom. The molecule has 0 aliphatic carbocycles. The van der Waals surface area contributed by atoms with E-state index in [1.807, 2.05) is 11.8 Å². The number of aromatic amines is 1. The lowest BCUT2D eigenvalue weighted by Gasteiger charge is -2.44. The molecule has 4 rings (SSSR count). The zero-order valence-electron chi connectivity index (χ0n) is 18.8. The molecule has 0 bridgehead atoms. The van der Waals surface area contributed by atoms with Gasteiger partial charge in [-0.15, -0.1) is 0 Å². The molecule has 0 saturated carbocycles. The fraction of sp³-hybridized carbons (Fsp3) is 0.320. The van der Waals surface area contributed by atoms with Crippen LogP contribution in [0, 0.1) is 12.7 Å². The lowest BCUT2D eigenvalue weighted by molar-refractivity contribution is -0.131. The van der Waals surface area contributed by atoms with Crippen molar-refractivity contribution < 1.29 is 23.9 Å². The molecule has 2 atom stereocenters. The maximum Gasteiger partial charge on any atom is 0.377 e. The molecule has 8 heteroatoms. The minimum Gasteiger partial charge on any atom is -0.475 e. The minimum atomic E-state index is -1.53. The lowest BCUT2D eigenvalue weighted by atomic mass is 10.0. The van der Waals surface area contributed by atoms with Crippen molar-refractivity contribution in [2.75, 3.05) is 13.1 Å². The predicted molar refractivity (Wildman–Crippen MR) is 122 cm³/mol. The third kappa shape index (κ3) is 4.39. The van der Waals surface area contributed by atoms with E-state index in [1.165, 1.54) is 24.3 Å². The number of carboxylic acid groups (broad SMARTS) is 1. The summed E-state index contributed by atoms with van der Waals surface area (Å²) >= 11 is 0. The number of ketones is 1. The first kappa shape index (κ1) is 22.7. The van der Waals surface area contributed by atoms with Gasteiger partial charge in [-0.3, -0.25) is 14.5 Å². The Morgan fingerprint density at radius 2 is 1.76 bits per heavy atom. The molecular formula is C25H26FN3O4. The molecular weight excluding hydrogens is 425 g/mol. The number of rotatable bonds is 5. The Bertz CT molecular complexity index is 1230. The van der Waals surface area contributed by atoms with Crippen molar-refractivity contribution in [2.24, 2.45) is 0 Å². The second-order valence-electron chi connectivity index (χ2n) is 8.73. The highest BCUT2D eigenvalue weighted by atomic mass is 19.1. The van der Waals surface area contributed by atoms with Gasteiger partial charge < -0.3 is 15.0 Å². The van der Waals surface area contributed by atoms with Gasteiger partial charge in [0, 0.05) is 53.9 Å². The minimum absolute atomic E-state index is 0.0357. The van der Waals surface area contributed by atoms with Crippen LogP contribution in [0.1, 0.15) is 45.8 Å². The van der Waals surface area contributed by atoms with Crippen LogP contribution in [0.5, 0.6) is 0 Å². The summed E-state index contributed by atoms with van der Waals surface area (Å²) in [4.78, 5) is 43.9. The number of benzene rings is 2.